The third-order valence-electron chi connectivity index (χ3n) is 4.16. The maximum absolute atomic E-state index is 12.7. The summed E-state index contributed by atoms with van der Waals surface area (Å²) >= 11 is 0. The van der Waals surface area contributed by atoms with Gasteiger partial charge in [-0.05, 0) is 50.6 Å². The van der Waals surface area contributed by atoms with E-state index in [-0.39, 0.29) is 11.8 Å². The van der Waals surface area contributed by atoms with Crippen molar-refractivity contribution in [1.29, 1.82) is 0 Å². The van der Waals surface area contributed by atoms with Gasteiger partial charge >= 0.3 is 0 Å². The van der Waals surface area contributed by atoms with Crippen LogP contribution in [0.4, 0.5) is 5.69 Å². The number of para-hydroxylation sites is 1. The van der Waals surface area contributed by atoms with Gasteiger partial charge in [-0.15, -0.1) is 0 Å². The predicted octanol–water partition coefficient (Wildman–Crippen LogP) is 3.51. The molecule has 0 aliphatic heterocycles. The van der Waals surface area contributed by atoms with Gasteiger partial charge in [0.1, 0.15) is 12.4 Å². The SMILES string of the molecule is CCOCCCNC(=O)c1cccc(NC(=O)c2ccccc2OCCOCC)c1. The van der Waals surface area contributed by atoms with Crippen molar-refractivity contribution < 1.29 is 23.8 Å². The minimum Gasteiger partial charge on any atom is -0.490 e. The maximum Gasteiger partial charge on any atom is 0.259 e. The highest BCUT2D eigenvalue weighted by Crippen LogP contribution is 2.20. The fraction of sp³-hybridized carbons (Fsp3) is 0.391. The Balaban J connectivity index is 1.96. The molecule has 7 nitrogen and oxygen atoms in total. The van der Waals surface area contributed by atoms with Crippen molar-refractivity contribution in [2.24, 2.45) is 0 Å². The Morgan fingerprint density at radius 2 is 1.63 bits per heavy atom. The summed E-state index contributed by atoms with van der Waals surface area (Å²) in [6, 6.07) is 13.8. The second-order valence-electron chi connectivity index (χ2n) is 6.38. The third-order valence-corrected chi connectivity index (χ3v) is 4.16. The Morgan fingerprint density at radius 3 is 2.43 bits per heavy atom. The van der Waals surface area contributed by atoms with Gasteiger partial charge < -0.3 is 24.8 Å². The van der Waals surface area contributed by atoms with E-state index in [1.807, 2.05) is 19.9 Å². The first-order chi connectivity index (χ1) is 14.7. The summed E-state index contributed by atoms with van der Waals surface area (Å²) in [6.45, 7) is 7.07. The van der Waals surface area contributed by atoms with Crippen LogP contribution in [-0.2, 0) is 9.47 Å². The van der Waals surface area contributed by atoms with Crippen molar-refractivity contribution in [3.8, 4) is 5.75 Å². The minimum absolute atomic E-state index is 0.192. The van der Waals surface area contributed by atoms with Crippen LogP contribution < -0.4 is 15.4 Å². The van der Waals surface area contributed by atoms with Gasteiger partial charge in [0, 0.05) is 37.6 Å². The second kappa shape index (κ2) is 13.3. The predicted molar refractivity (Wildman–Crippen MR) is 116 cm³/mol. The Hall–Kier alpha value is -2.90. The van der Waals surface area contributed by atoms with Crippen molar-refractivity contribution >= 4 is 17.5 Å². The molecule has 0 aromatic heterocycles. The summed E-state index contributed by atoms with van der Waals surface area (Å²) in [5.41, 5.74) is 1.43. The molecule has 0 heterocycles. The topological polar surface area (TPSA) is 85.9 Å². The zero-order valence-electron chi connectivity index (χ0n) is 17.6. The number of carbonyl (C=O) groups is 2. The van der Waals surface area contributed by atoms with Gasteiger partial charge in [-0.3, -0.25) is 9.59 Å². The van der Waals surface area contributed by atoms with Gasteiger partial charge in [0.2, 0.25) is 0 Å². The molecule has 0 atom stereocenters. The number of nitrogens with one attached hydrogen (secondary N) is 2. The maximum atomic E-state index is 12.7. The van der Waals surface area contributed by atoms with Crippen LogP contribution in [0.15, 0.2) is 48.5 Å². The Kier molecular flexibility index (Phi) is 10.4. The van der Waals surface area contributed by atoms with E-state index in [0.29, 0.717) is 62.1 Å². The van der Waals surface area contributed by atoms with Gasteiger partial charge in [-0.25, -0.2) is 0 Å². The van der Waals surface area contributed by atoms with E-state index in [1.165, 1.54) is 0 Å². The number of ether oxygens (including phenoxy) is 3. The monoisotopic (exact) mass is 414 g/mol. The number of anilines is 1. The van der Waals surface area contributed by atoms with Gasteiger partial charge in [0.25, 0.3) is 11.8 Å². The van der Waals surface area contributed by atoms with E-state index in [0.717, 1.165) is 6.42 Å². The fourth-order valence-electron chi connectivity index (χ4n) is 2.69. The molecule has 2 N–H and O–H groups in total. The standard InChI is InChI=1S/C23H30N2O5/c1-3-28-14-8-13-24-22(26)18-9-7-10-19(17-18)25-23(27)20-11-5-6-12-21(20)30-16-15-29-4-2/h5-7,9-12,17H,3-4,8,13-16H2,1-2H3,(H,24,26)(H,25,27). The smallest absolute Gasteiger partial charge is 0.259 e. The van der Waals surface area contributed by atoms with Gasteiger partial charge in [0.05, 0.1) is 12.2 Å². The molecular weight excluding hydrogens is 384 g/mol. The van der Waals surface area contributed by atoms with Crippen LogP contribution in [0.25, 0.3) is 0 Å². The molecule has 0 saturated carbocycles. The van der Waals surface area contributed by atoms with Gasteiger partial charge in [-0.2, -0.15) is 0 Å². The molecule has 30 heavy (non-hydrogen) atoms. The molecule has 0 bridgehead atoms. The number of hydrogen-bond acceptors (Lipinski definition) is 5. The second-order valence-corrected chi connectivity index (χ2v) is 6.38. The first kappa shape index (κ1) is 23.4. The van der Waals surface area contributed by atoms with Crippen molar-refractivity contribution in [2.45, 2.75) is 20.3 Å². The van der Waals surface area contributed by atoms with E-state index in [1.54, 1.807) is 42.5 Å². The van der Waals surface area contributed by atoms with Crippen molar-refractivity contribution in [1.82, 2.24) is 5.32 Å². The van der Waals surface area contributed by atoms with Crippen LogP contribution in [0.5, 0.6) is 5.75 Å². The Morgan fingerprint density at radius 1 is 0.867 bits per heavy atom. The lowest BCUT2D eigenvalue weighted by atomic mass is 10.1. The minimum atomic E-state index is -0.309. The molecule has 2 amide bonds. The van der Waals surface area contributed by atoms with Crippen LogP contribution in [0.3, 0.4) is 0 Å². The number of hydrogen-bond donors (Lipinski definition) is 2. The van der Waals surface area contributed by atoms with Crippen LogP contribution >= 0.6 is 0 Å². The molecule has 162 valence electrons. The largest absolute Gasteiger partial charge is 0.490 e. The van der Waals surface area contributed by atoms with Crippen LogP contribution in [0.1, 0.15) is 41.0 Å². The van der Waals surface area contributed by atoms with Crippen molar-refractivity contribution in [3.63, 3.8) is 0 Å². The normalized spacial score (nSPS) is 10.5. The van der Waals surface area contributed by atoms with E-state index in [9.17, 15) is 9.59 Å². The van der Waals surface area contributed by atoms with Crippen LogP contribution in [0.2, 0.25) is 0 Å². The molecule has 0 saturated heterocycles. The summed E-state index contributed by atoms with van der Waals surface area (Å²) in [5, 5.41) is 5.68. The highest BCUT2D eigenvalue weighted by atomic mass is 16.5. The summed E-state index contributed by atoms with van der Waals surface area (Å²) in [6.07, 6.45) is 0.746. The molecule has 7 heteroatoms. The molecule has 0 aliphatic rings. The number of benzene rings is 2. The third kappa shape index (κ3) is 7.85. The van der Waals surface area contributed by atoms with Crippen molar-refractivity contribution in [3.05, 3.63) is 59.7 Å². The van der Waals surface area contributed by atoms with Crippen molar-refractivity contribution in [2.75, 3.05) is 44.9 Å². The first-order valence-electron chi connectivity index (χ1n) is 10.2. The molecule has 0 spiro atoms. The lowest BCUT2D eigenvalue weighted by molar-refractivity contribution is 0.0942. The fourth-order valence-corrected chi connectivity index (χ4v) is 2.69. The molecule has 2 aromatic rings. The summed E-state index contributed by atoms with van der Waals surface area (Å²) in [4.78, 5) is 25.1. The molecule has 2 aromatic carbocycles. The number of carbonyl (C=O) groups excluding carboxylic acids is 2. The Bertz CT molecular complexity index is 810. The molecule has 0 radical (unpaired) electrons. The lowest BCUT2D eigenvalue weighted by Crippen LogP contribution is -2.25. The average Bonchev–Trinajstić information content (AvgIpc) is 2.77. The molecule has 0 aliphatic carbocycles. The van der Waals surface area contributed by atoms with Gasteiger partial charge in [0.15, 0.2) is 0 Å². The first-order valence-corrected chi connectivity index (χ1v) is 10.2. The summed E-state index contributed by atoms with van der Waals surface area (Å²) < 4.78 is 16.2. The zero-order chi connectivity index (χ0) is 21.6. The summed E-state index contributed by atoms with van der Waals surface area (Å²) in [7, 11) is 0. The number of amides is 2. The summed E-state index contributed by atoms with van der Waals surface area (Å²) in [5.74, 6) is -0.0172. The average molecular weight is 415 g/mol. The molecule has 2 rings (SSSR count). The van der Waals surface area contributed by atoms with E-state index in [2.05, 4.69) is 10.6 Å². The van der Waals surface area contributed by atoms with E-state index >= 15 is 0 Å². The van der Waals surface area contributed by atoms with Crippen LogP contribution in [-0.4, -0.2) is 51.4 Å². The molecule has 0 fully saturated rings. The highest BCUT2D eigenvalue weighted by Gasteiger charge is 2.13. The lowest BCUT2D eigenvalue weighted by Gasteiger charge is -2.12. The molecular formula is C23H30N2O5. The van der Waals surface area contributed by atoms with Crippen LogP contribution in [0, 0.1) is 0 Å². The van der Waals surface area contributed by atoms with E-state index in [4.69, 9.17) is 14.2 Å². The van der Waals surface area contributed by atoms with Gasteiger partial charge in [-0.1, -0.05) is 18.2 Å². The number of rotatable bonds is 13. The van der Waals surface area contributed by atoms with E-state index < -0.39 is 0 Å². The zero-order valence-corrected chi connectivity index (χ0v) is 17.6. The molecule has 0 unspecified atom stereocenters. The highest BCUT2D eigenvalue weighted by molar-refractivity contribution is 6.06. The Labute approximate surface area is 177 Å². The quantitative estimate of drug-likeness (QED) is 0.490.